The molecule has 2 aliphatic carbocycles. The topological polar surface area (TPSA) is 0 Å². The zero-order valence-corrected chi connectivity index (χ0v) is 27.7. The summed E-state index contributed by atoms with van der Waals surface area (Å²) in [6.07, 6.45) is 5.25. The average Bonchev–Trinajstić information content (AvgIpc) is 3.25. The van der Waals surface area contributed by atoms with E-state index in [0.29, 0.717) is 9.54 Å². The first kappa shape index (κ1) is 27.1. The Morgan fingerprint density at radius 2 is 1.14 bits per heavy atom. The molecule has 0 radical (unpaired) electrons. The molecule has 0 aliphatic heterocycles. The third-order valence-corrected chi connectivity index (χ3v) is 26.4. The standard InChI is InChI=1S/C21H25.C10H15.C2H6Si.Zr/c1-20(2,3)16-9-7-14-11-15-8-10-17(21(4,5)6)13-19(15)18(14)12-16;1-8-5-6-9(7-8)10(2,3)4;1-3-2;/h7-13H,1-6H3;6-8H,1-4H3;1-2H3;. The van der Waals surface area contributed by atoms with E-state index in [-0.39, 0.29) is 16.2 Å². The summed E-state index contributed by atoms with van der Waals surface area (Å²) in [5.74, 6) is 0.605. The molecular weight excluding hydrogens is 516 g/mol. The fourth-order valence-corrected chi connectivity index (χ4v) is 24.8. The van der Waals surface area contributed by atoms with Gasteiger partial charge >= 0.3 is 225 Å². The Bertz CT molecular complexity index is 1200. The molecule has 0 spiro atoms. The molecule has 2 aromatic carbocycles. The Morgan fingerprint density at radius 3 is 1.49 bits per heavy atom. The quantitative estimate of drug-likeness (QED) is 0.320. The van der Waals surface area contributed by atoms with Crippen LogP contribution in [0.2, 0.25) is 13.1 Å². The molecular formula is C33H46SiZr. The molecule has 0 saturated carbocycles. The van der Waals surface area contributed by atoms with Gasteiger partial charge in [-0.15, -0.1) is 0 Å². The van der Waals surface area contributed by atoms with Crippen LogP contribution >= 0.6 is 0 Å². The van der Waals surface area contributed by atoms with Crippen LogP contribution in [0.1, 0.15) is 95.1 Å². The SMILES string of the molecule is CC1C=C(C(C)(C)C)C=[C]1[Zr]([CH]1c2ccc(C(C)(C)C)cc2-c2cc(C(C)(C)C)ccc21)=[Si](C)C. The Morgan fingerprint density at radius 1 is 0.686 bits per heavy atom. The van der Waals surface area contributed by atoms with Crippen LogP contribution in [-0.4, -0.2) is 5.43 Å². The number of hydrogen-bond acceptors (Lipinski definition) is 0. The van der Waals surface area contributed by atoms with Gasteiger partial charge in [0.05, 0.1) is 0 Å². The fourth-order valence-electron chi connectivity index (χ4n) is 5.73. The first-order valence-electron chi connectivity index (χ1n) is 13.4. The molecule has 0 fully saturated rings. The molecule has 186 valence electrons. The van der Waals surface area contributed by atoms with E-state index >= 15 is 0 Å². The van der Waals surface area contributed by atoms with Crippen molar-refractivity contribution in [2.24, 2.45) is 11.3 Å². The number of fused-ring (bicyclic) bond motifs is 3. The van der Waals surface area contributed by atoms with Crippen LogP contribution in [0.25, 0.3) is 11.1 Å². The second kappa shape index (κ2) is 9.09. The van der Waals surface area contributed by atoms with Crippen molar-refractivity contribution in [1.29, 1.82) is 0 Å². The number of benzene rings is 2. The summed E-state index contributed by atoms with van der Waals surface area (Å²) >= 11 is -2.03. The molecule has 0 nitrogen and oxygen atoms in total. The Labute approximate surface area is 223 Å². The predicted molar refractivity (Wildman–Crippen MR) is 153 cm³/mol. The van der Waals surface area contributed by atoms with Gasteiger partial charge in [-0.3, -0.25) is 0 Å². The maximum absolute atomic E-state index is 2.67. The van der Waals surface area contributed by atoms with E-state index in [1.807, 2.05) is 3.28 Å². The van der Waals surface area contributed by atoms with Crippen LogP contribution in [0.4, 0.5) is 0 Å². The van der Waals surface area contributed by atoms with Crippen LogP contribution in [-0.2, 0) is 31.2 Å². The molecule has 1 unspecified atom stereocenters. The summed E-state index contributed by atoms with van der Waals surface area (Å²) in [7, 11) is 0. The molecule has 2 heteroatoms. The summed E-state index contributed by atoms with van der Waals surface area (Å²) < 4.78 is 2.51. The van der Waals surface area contributed by atoms with E-state index in [9.17, 15) is 0 Å². The minimum absolute atomic E-state index is 0.162. The van der Waals surface area contributed by atoms with Crippen LogP contribution in [0, 0.1) is 11.3 Å². The van der Waals surface area contributed by atoms with Gasteiger partial charge in [0.2, 0.25) is 0 Å². The molecule has 2 aliphatic rings. The molecule has 0 N–H and O–H groups in total. The summed E-state index contributed by atoms with van der Waals surface area (Å²) in [6.45, 7) is 28.9. The van der Waals surface area contributed by atoms with E-state index in [2.05, 4.69) is 131 Å². The van der Waals surface area contributed by atoms with E-state index < -0.39 is 25.8 Å². The minimum atomic E-state index is -2.03. The van der Waals surface area contributed by atoms with Gasteiger partial charge in [-0.1, -0.05) is 0 Å². The van der Waals surface area contributed by atoms with Crippen molar-refractivity contribution in [3.05, 3.63) is 79.7 Å². The number of rotatable bonds is 2. The fraction of sp³-hybridized carbons (Fsp3) is 0.515. The van der Waals surface area contributed by atoms with Crippen molar-refractivity contribution in [3.63, 3.8) is 0 Å². The second-order valence-corrected chi connectivity index (χ2v) is 31.6. The van der Waals surface area contributed by atoms with Gasteiger partial charge in [-0.2, -0.15) is 0 Å². The first-order valence-corrected chi connectivity index (χ1v) is 22.2. The van der Waals surface area contributed by atoms with E-state index in [4.69, 9.17) is 0 Å². The van der Waals surface area contributed by atoms with E-state index in [1.165, 1.54) is 22.3 Å². The number of allylic oxidation sites excluding steroid dienone is 4. The maximum atomic E-state index is 2.67. The summed E-state index contributed by atoms with van der Waals surface area (Å²) in [4.78, 5) is 0. The Hall–Kier alpha value is -0.980. The van der Waals surface area contributed by atoms with Crippen molar-refractivity contribution in [2.75, 3.05) is 0 Å². The normalized spacial score (nSPS) is 18.2. The van der Waals surface area contributed by atoms with Crippen molar-refractivity contribution in [3.8, 4) is 11.1 Å². The zero-order chi connectivity index (χ0) is 26.1. The molecule has 2 aromatic rings. The predicted octanol–water partition coefficient (Wildman–Crippen LogP) is 9.73. The van der Waals surface area contributed by atoms with Gasteiger partial charge in [0.1, 0.15) is 0 Å². The van der Waals surface area contributed by atoms with Crippen molar-refractivity contribution in [2.45, 2.75) is 96.8 Å². The number of hydrogen-bond donors (Lipinski definition) is 0. The molecule has 0 heterocycles. The molecule has 0 saturated heterocycles. The molecule has 4 rings (SSSR count). The first-order chi connectivity index (χ1) is 16.0. The second-order valence-electron chi connectivity index (χ2n) is 14.2. The van der Waals surface area contributed by atoms with Crippen LogP contribution < -0.4 is 0 Å². The van der Waals surface area contributed by atoms with Gasteiger partial charge in [0.25, 0.3) is 0 Å². The van der Waals surface area contributed by atoms with Gasteiger partial charge in [0.15, 0.2) is 0 Å². The van der Waals surface area contributed by atoms with Gasteiger partial charge in [0, 0.05) is 0 Å². The Kier molecular flexibility index (Phi) is 7.03. The van der Waals surface area contributed by atoms with Gasteiger partial charge in [-0.05, 0) is 0 Å². The summed E-state index contributed by atoms with van der Waals surface area (Å²) in [6, 6.07) is 15.0. The van der Waals surface area contributed by atoms with Crippen molar-refractivity contribution < 1.29 is 20.4 Å². The Balaban J connectivity index is 1.97. The van der Waals surface area contributed by atoms with Gasteiger partial charge < -0.3 is 0 Å². The third kappa shape index (κ3) is 5.09. The molecule has 1 atom stereocenters. The van der Waals surface area contributed by atoms with Crippen LogP contribution in [0.15, 0.2) is 57.4 Å². The third-order valence-electron chi connectivity index (χ3n) is 7.99. The monoisotopic (exact) mass is 560 g/mol. The van der Waals surface area contributed by atoms with Crippen molar-refractivity contribution in [1.82, 2.24) is 0 Å². The molecule has 35 heavy (non-hydrogen) atoms. The summed E-state index contributed by atoms with van der Waals surface area (Å²) in [5.41, 5.74) is 11.0. The van der Waals surface area contributed by atoms with E-state index in [1.54, 1.807) is 16.7 Å². The average molecular weight is 562 g/mol. The van der Waals surface area contributed by atoms with Crippen molar-refractivity contribution >= 4 is 5.43 Å². The summed E-state index contributed by atoms with van der Waals surface area (Å²) in [5, 5.41) is 0. The zero-order valence-electron chi connectivity index (χ0n) is 24.3. The molecule has 0 bridgehead atoms. The van der Waals surface area contributed by atoms with Gasteiger partial charge in [-0.25, -0.2) is 0 Å². The van der Waals surface area contributed by atoms with E-state index in [0.717, 1.165) is 0 Å². The van der Waals surface area contributed by atoms with Crippen LogP contribution in [0.5, 0.6) is 0 Å². The molecule has 0 amide bonds. The molecule has 0 aromatic heterocycles. The van der Waals surface area contributed by atoms with Crippen LogP contribution in [0.3, 0.4) is 0 Å².